The number of rotatable bonds is 5. The molecule has 6 heteroatoms. The normalized spacial score (nSPS) is 18.3. The molecule has 0 spiro atoms. The minimum absolute atomic E-state index is 0.0667. The van der Waals surface area contributed by atoms with Crippen LogP contribution < -0.4 is 0 Å². The first-order valence-corrected chi connectivity index (χ1v) is 8.80. The van der Waals surface area contributed by atoms with Gasteiger partial charge in [0, 0.05) is 19.5 Å². The number of aryl methyl sites for hydroxylation is 1. The lowest BCUT2D eigenvalue weighted by atomic mass is 9.98. The fourth-order valence-electron chi connectivity index (χ4n) is 2.98. The molecule has 1 aromatic heterocycles. The van der Waals surface area contributed by atoms with Gasteiger partial charge in [-0.15, -0.1) is 11.3 Å². The summed E-state index contributed by atoms with van der Waals surface area (Å²) in [5.41, 5.74) is 1.01. The molecule has 1 aliphatic rings. The molecule has 122 valence electrons. The lowest BCUT2D eigenvalue weighted by molar-refractivity contribution is -0.145. The Labute approximate surface area is 138 Å². The summed E-state index contributed by atoms with van der Waals surface area (Å²) in [6.45, 7) is 1.04. The molecule has 1 N–H and O–H groups in total. The Kier molecular flexibility index (Phi) is 4.91. The van der Waals surface area contributed by atoms with Crippen molar-refractivity contribution in [2.24, 2.45) is 5.92 Å². The van der Waals surface area contributed by atoms with Crippen LogP contribution in [0.2, 0.25) is 0 Å². The van der Waals surface area contributed by atoms with Crippen LogP contribution in [0.25, 0.3) is 10.2 Å². The third-order valence-electron chi connectivity index (χ3n) is 4.24. The number of piperidine rings is 1. The van der Waals surface area contributed by atoms with Crippen LogP contribution in [0.5, 0.6) is 0 Å². The van der Waals surface area contributed by atoms with Gasteiger partial charge in [0.1, 0.15) is 0 Å². The van der Waals surface area contributed by atoms with Crippen LogP contribution in [0.1, 0.15) is 30.7 Å². The number of aromatic nitrogens is 1. The second kappa shape index (κ2) is 7.08. The van der Waals surface area contributed by atoms with Crippen LogP contribution in [-0.2, 0) is 16.0 Å². The molecule has 1 atom stereocenters. The molecule has 0 bridgehead atoms. The standard InChI is InChI=1S/C17H20N2O3S/c20-16(19-10-4-5-12(11-19)17(21)22)9-3-8-15-18-13-6-1-2-7-14(13)23-15/h1-2,6-7,12H,3-5,8-11H2,(H,21,22)/t12-/m1/s1. The molecule has 2 heterocycles. The number of aliphatic carboxylic acids is 1. The van der Waals surface area contributed by atoms with Gasteiger partial charge in [-0.1, -0.05) is 12.1 Å². The highest BCUT2D eigenvalue weighted by Crippen LogP contribution is 2.23. The maximum absolute atomic E-state index is 12.2. The molecular formula is C17H20N2O3S. The Morgan fingerprint density at radius 2 is 2.17 bits per heavy atom. The Balaban J connectivity index is 1.50. The molecule has 0 unspecified atom stereocenters. The lowest BCUT2D eigenvalue weighted by Gasteiger charge is -2.30. The van der Waals surface area contributed by atoms with Crippen LogP contribution in [0, 0.1) is 5.92 Å². The van der Waals surface area contributed by atoms with E-state index in [1.807, 2.05) is 18.2 Å². The Hall–Kier alpha value is -1.95. The first-order valence-electron chi connectivity index (χ1n) is 7.98. The zero-order valence-electron chi connectivity index (χ0n) is 12.9. The summed E-state index contributed by atoms with van der Waals surface area (Å²) in [6, 6.07) is 8.04. The molecule has 1 amide bonds. The highest BCUT2D eigenvalue weighted by molar-refractivity contribution is 7.18. The molecule has 3 rings (SSSR count). The molecule has 1 saturated heterocycles. The van der Waals surface area contributed by atoms with Crippen molar-refractivity contribution in [2.45, 2.75) is 32.1 Å². The van der Waals surface area contributed by atoms with Gasteiger partial charge in [-0.25, -0.2) is 4.98 Å². The Bertz CT molecular complexity index is 680. The van der Waals surface area contributed by atoms with Gasteiger partial charge < -0.3 is 10.0 Å². The maximum atomic E-state index is 12.2. The van der Waals surface area contributed by atoms with Gasteiger partial charge in [0.05, 0.1) is 21.1 Å². The summed E-state index contributed by atoms with van der Waals surface area (Å²) in [6.07, 6.45) is 3.46. The van der Waals surface area contributed by atoms with Gasteiger partial charge in [-0.2, -0.15) is 0 Å². The monoisotopic (exact) mass is 332 g/mol. The van der Waals surface area contributed by atoms with E-state index in [2.05, 4.69) is 11.1 Å². The molecule has 2 aromatic rings. The van der Waals surface area contributed by atoms with E-state index in [9.17, 15) is 9.59 Å². The smallest absolute Gasteiger partial charge is 0.308 e. The minimum atomic E-state index is -0.794. The van der Waals surface area contributed by atoms with E-state index in [1.165, 1.54) is 4.70 Å². The number of carbonyl (C=O) groups excluding carboxylic acids is 1. The zero-order valence-corrected chi connectivity index (χ0v) is 13.7. The highest BCUT2D eigenvalue weighted by atomic mass is 32.1. The number of carbonyl (C=O) groups is 2. The number of hydrogen-bond donors (Lipinski definition) is 1. The first kappa shape index (κ1) is 15.9. The molecular weight excluding hydrogens is 312 g/mol. The van der Waals surface area contributed by atoms with Crippen LogP contribution in [0.3, 0.4) is 0 Å². The van der Waals surface area contributed by atoms with Gasteiger partial charge in [-0.05, 0) is 37.8 Å². The SMILES string of the molecule is O=C(O)[C@@H]1CCCN(C(=O)CCCc2nc3ccccc3s2)C1. The second-order valence-corrected chi connectivity index (χ2v) is 7.06. The fraction of sp³-hybridized carbons (Fsp3) is 0.471. The molecule has 0 saturated carbocycles. The number of nitrogens with zero attached hydrogens (tertiary/aromatic N) is 2. The van der Waals surface area contributed by atoms with Gasteiger partial charge in [0.15, 0.2) is 0 Å². The van der Waals surface area contributed by atoms with E-state index in [0.29, 0.717) is 25.9 Å². The van der Waals surface area contributed by atoms with E-state index < -0.39 is 11.9 Å². The number of likely N-dealkylation sites (tertiary alicyclic amines) is 1. The Morgan fingerprint density at radius 1 is 1.35 bits per heavy atom. The molecule has 1 fully saturated rings. The fourth-order valence-corrected chi connectivity index (χ4v) is 3.99. The van der Waals surface area contributed by atoms with E-state index in [0.717, 1.165) is 29.8 Å². The van der Waals surface area contributed by atoms with Gasteiger partial charge in [0.25, 0.3) is 0 Å². The highest BCUT2D eigenvalue weighted by Gasteiger charge is 2.27. The van der Waals surface area contributed by atoms with Crippen molar-refractivity contribution < 1.29 is 14.7 Å². The number of carboxylic acid groups (broad SMARTS) is 1. The molecule has 5 nitrogen and oxygen atoms in total. The second-order valence-electron chi connectivity index (χ2n) is 5.95. The summed E-state index contributed by atoms with van der Waals surface area (Å²) in [5, 5.41) is 10.1. The zero-order chi connectivity index (χ0) is 16.2. The van der Waals surface area contributed by atoms with E-state index in [4.69, 9.17) is 5.11 Å². The number of carboxylic acids is 1. The molecule has 1 aromatic carbocycles. The van der Waals surface area contributed by atoms with Crippen molar-refractivity contribution in [3.8, 4) is 0 Å². The summed E-state index contributed by atoms with van der Waals surface area (Å²) in [7, 11) is 0. The number of amides is 1. The van der Waals surface area contributed by atoms with Crippen molar-refractivity contribution in [1.82, 2.24) is 9.88 Å². The third kappa shape index (κ3) is 3.88. The van der Waals surface area contributed by atoms with Crippen LogP contribution in [0.15, 0.2) is 24.3 Å². The van der Waals surface area contributed by atoms with Gasteiger partial charge in [0.2, 0.25) is 5.91 Å². The quantitative estimate of drug-likeness (QED) is 0.914. The van der Waals surface area contributed by atoms with Gasteiger partial charge in [-0.3, -0.25) is 9.59 Å². The number of hydrogen-bond acceptors (Lipinski definition) is 4. The number of benzene rings is 1. The van der Waals surface area contributed by atoms with Crippen molar-refractivity contribution >= 4 is 33.4 Å². The van der Waals surface area contributed by atoms with Gasteiger partial charge >= 0.3 is 5.97 Å². The van der Waals surface area contributed by atoms with E-state index >= 15 is 0 Å². The predicted octanol–water partition coefficient (Wildman–Crippen LogP) is 2.94. The average Bonchev–Trinajstić information content (AvgIpc) is 2.97. The van der Waals surface area contributed by atoms with Crippen LogP contribution >= 0.6 is 11.3 Å². The summed E-state index contributed by atoms with van der Waals surface area (Å²) in [4.78, 5) is 29.6. The maximum Gasteiger partial charge on any atom is 0.308 e. The van der Waals surface area contributed by atoms with Crippen molar-refractivity contribution in [2.75, 3.05) is 13.1 Å². The van der Waals surface area contributed by atoms with Crippen molar-refractivity contribution in [3.05, 3.63) is 29.3 Å². The summed E-state index contributed by atoms with van der Waals surface area (Å²) >= 11 is 1.68. The lowest BCUT2D eigenvalue weighted by Crippen LogP contribution is -2.42. The molecule has 23 heavy (non-hydrogen) atoms. The predicted molar refractivity (Wildman–Crippen MR) is 89.5 cm³/mol. The van der Waals surface area contributed by atoms with E-state index in [1.54, 1.807) is 16.2 Å². The van der Waals surface area contributed by atoms with Crippen molar-refractivity contribution in [3.63, 3.8) is 0 Å². The van der Waals surface area contributed by atoms with Crippen LogP contribution in [-0.4, -0.2) is 40.0 Å². The number of fused-ring (bicyclic) bond motifs is 1. The largest absolute Gasteiger partial charge is 0.481 e. The molecule has 0 aliphatic carbocycles. The number of para-hydroxylation sites is 1. The minimum Gasteiger partial charge on any atom is -0.481 e. The Morgan fingerprint density at radius 3 is 2.96 bits per heavy atom. The van der Waals surface area contributed by atoms with Crippen LogP contribution in [0.4, 0.5) is 0 Å². The van der Waals surface area contributed by atoms with Crippen molar-refractivity contribution in [1.29, 1.82) is 0 Å². The molecule has 1 aliphatic heterocycles. The summed E-state index contributed by atoms with van der Waals surface area (Å²) < 4.78 is 1.18. The first-order chi connectivity index (χ1) is 11.1. The average molecular weight is 332 g/mol. The summed E-state index contributed by atoms with van der Waals surface area (Å²) in [5.74, 6) is -1.13. The van der Waals surface area contributed by atoms with E-state index in [-0.39, 0.29) is 5.91 Å². The molecule has 0 radical (unpaired) electrons. The third-order valence-corrected chi connectivity index (χ3v) is 5.34. The topological polar surface area (TPSA) is 70.5 Å². The number of thiazole rings is 1.